The van der Waals surface area contributed by atoms with E-state index >= 15 is 0 Å². The standard InChI is InChI=1S/2C27H25FN2OS.2C24H29FN2O/c2*1-27-14-17-15-29-30(21-10-8-20(28)9-11-21)24(17)12-18(27)6-7-19(27)13-25(31)23-16-32-26-5-3-2-4-22(23)26;2*1-3-4-8-22(28)13-18-6-5-7-19-14-23-17(15-24(18,19)2)16-26-27(23)21-11-9-20(25)10-12-21/h2*2-5,8-12,15-16,19,25,31H,6-7,13-14H2,1H3;2*3,9-12,14,16,18,22,28H,1,4-8,13,15H2,2H3/t19-,25+,27+;19-,25-,27+;18-,22+,24-;18-,22-,24-/m1111/s1. The second-order valence-electron chi connectivity index (χ2n) is 35.9. The smallest absolute Gasteiger partial charge is 0.123 e. The van der Waals surface area contributed by atoms with Gasteiger partial charge in [0.15, 0.2) is 0 Å². The molecule has 0 aliphatic heterocycles. The van der Waals surface area contributed by atoms with Crippen LogP contribution in [0.1, 0.15) is 212 Å². The molecule has 12 aromatic rings. The van der Waals surface area contributed by atoms with Gasteiger partial charge in [0.2, 0.25) is 0 Å². The molecular formula is C102H108F4N8O4S2. The minimum Gasteiger partial charge on any atom is -0.393 e. The molecule has 0 amide bonds. The molecule has 0 bridgehead atoms. The normalized spacial score (nSPS) is 23.9. The number of halogens is 4. The predicted octanol–water partition coefficient (Wildman–Crippen LogP) is 24.4. The fourth-order valence-corrected chi connectivity index (χ4v) is 23.7. The Bertz CT molecular complexity index is 5490. The van der Waals surface area contributed by atoms with Crippen molar-refractivity contribution in [2.75, 3.05) is 0 Å². The number of aliphatic hydroxyl groups is 4. The summed E-state index contributed by atoms with van der Waals surface area (Å²) in [6.07, 6.45) is 40.8. The van der Waals surface area contributed by atoms with Crippen LogP contribution in [0.15, 0.2) is 229 Å². The maximum Gasteiger partial charge on any atom is 0.123 e. The first-order valence-electron chi connectivity index (χ1n) is 43.1. The first-order valence-corrected chi connectivity index (χ1v) is 44.9. The summed E-state index contributed by atoms with van der Waals surface area (Å²) in [6.45, 7) is 17.0. The molecule has 0 radical (unpaired) electrons. The van der Waals surface area contributed by atoms with Crippen molar-refractivity contribution >= 4 is 67.1 Å². The molecule has 8 aliphatic rings. The van der Waals surface area contributed by atoms with E-state index in [9.17, 15) is 38.0 Å². The number of hydrogen-bond acceptors (Lipinski definition) is 10. The van der Waals surface area contributed by atoms with E-state index in [1.807, 2.05) is 67.8 Å². The van der Waals surface area contributed by atoms with Crippen molar-refractivity contribution in [2.45, 2.75) is 193 Å². The number of aromatic nitrogens is 8. The lowest BCUT2D eigenvalue weighted by atomic mass is 9.58. The topological polar surface area (TPSA) is 152 Å². The van der Waals surface area contributed by atoms with Crippen LogP contribution >= 0.6 is 22.7 Å². The fraction of sp³-hybridized carbons (Fsp3) is 0.373. The summed E-state index contributed by atoms with van der Waals surface area (Å²) in [5, 5.41) is 68.4. The van der Waals surface area contributed by atoms with E-state index in [2.05, 4.69) is 133 Å². The summed E-state index contributed by atoms with van der Waals surface area (Å²) in [5.41, 5.74) is 21.1. The number of nitrogens with zero attached hydrogens (tertiary/aromatic N) is 8. The average Bonchev–Trinajstić information content (AvgIpc) is 1.55. The molecule has 4 N–H and O–H groups in total. The second kappa shape index (κ2) is 34.5. The fourth-order valence-electron chi connectivity index (χ4n) is 21.6. The minimum absolute atomic E-state index is 0.0382. The zero-order valence-electron chi connectivity index (χ0n) is 69.1. The van der Waals surface area contributed by atoms with Crippen molar-refractivity contribution in [2.24, 2.45) is 45.3 Å². The third kappa shape index (κ3) is 16.3. The first-order chi connectivity index (χ1) is 58.1. The molecule has 8 aliphatic carbocycles. The summed E-state index contributed by atoms with van der Waals surface area (Å²) in [4.78, 5) is 0. The molecule has 0 unspecified atom stereocenters. The van der Waals surface area contributed by atoms with Crippen molar-refractivity contribution in [3.05, 3.63) is 308 Å². The van der Waals surface area contributed by atoms with Crippen molar-refractivity contribution in [3.8, 4) is 22.7 Å². The minimum atomic E-state index is -0.448. The van der Waals surface area contributed by atoms with E-state index in [0.29, 0.717) is 23.7 Å². The zero-order valence-corrected chi connectivity index (χ0v) is 70.7. The lowest BCUT2D eigenvalue weighted by Crippen LogP contribution is -2.38. The molecule has 4 saturated carbocycles. The summed E-state index contributed by atoms with van der Waals surface area (Å²) in [5.74, 6) is 0.855. The van der Waals surface area contributed by atoms with Gasteiger partial charge in [0.1, 0.15) is 23.3 Å². The van der Waals surface area contributed by atoms with Gasteiger partial charge in [-0.05, 0) is 375 Å². The van der Waals surface area contributed by atoms with Gasteiger partial charge >= 0.3 is 0 Å². The molecule has 12 atom stereocenters. The molecule has 6 aromatic heterocycles. The quantitative estimate of drug-likeness (QED) is 0.0435. The molecule has 20 rings (SSSR count). The monoisotopic (exact) mass is 1650 g/mol. The van der Waals surface area contributed by atoms with E-state index in [4.69, 9.17) is 0 Å². The van der Waals surface area contributed by atoms with Gasteiger partial charge in [-0.1, -0.05) is 98.5 Å². The van der Waals surface area contributed by atoms with Gasteiger partial charge in [0.25, 0.3) is 0 Å². The van der Waals surface area contributed by atoms with E-state index < -0.39 is 12.2 Å². The molecule has 18 heteroatoms. The average molecular weight is 1650 g/mol. The Morgan fingerprint density at radius 2 is 0.675 bits per heavy atom. The highest BCUT2D eigenvalue weighted by Crippen LogP contribution is 2.59. The molecule has 0 saturated heterocycles. The van der Waals surface area contributed by atoms with Crippen LogP contribution in [0.5, 0.6) is 0 Å². The number of aliphatic hydroxyl groups excluding tert-OH is 4. The predicted molar refractivity (Wildman–Crippen MR) is 476 cm³/mol. The Morgan fingerprint density at radius 1 is 0.392 bits per heavy atom. The Balaban J connectivity index is 0.000000114. The van der Waals surface area contributed by atoms with Gasteiger partial charge in [-0.25, -0.2) is 36.3 Å². The van der Waals surface area contributed by atoms with Crippen molar-refractivity contribution in [3.63, 3.8) is 0 Å². The number of thiophene rings is 2. The Labute approximate surface area is 709 Å². The second-order valence-corrected chi connectivity index (χ2v) is 37.7. The van der Waals surface area contributed by atoms with Crippen LogP contribution in [0, 0.1) is 68.6 Å². The molecule has 4 fully saturated rings. The number of rotatable bonds is 20. The van der Waals surface area contributed by atoms with Gasteiger partial charge in [0.05, 0.1) is 94.7 Å². The summed E-state index contributed by atoms with van der Waals surface area (Å²) in [6, 6.07) is 42.7. The number of hydrogen-bond donors (Lipinski definition) is 4. The van der Waals surface area contributed by atoms with Crippen LogP contribution in [-0.2, 0) is 25.7 Å². The van der Waals surface area contributed by atoms with Crippen LogP contribution in [-0.4, -0.2) is 71.8 Å². The van der Waals surface area contributed by atoms with Crippen molar-refractivity contribution in [1.29, 1.82) is 0 Å². The molecule has 0 spiro atoms. The Hall–Kier alpha value is -9.92. The Kier molecular flexibility index (Phi) is 23.7. The lowest BCUT2D eigenvalue weighted by molar-refractivity contribution is 0.0787. The van der Waals surface area contributed by atoms with Crippen LogP contribution in [0.4, 0.5) is 17.6 Å². The van der Waals surface area contributed by atoms with Crippen molar-refractivity contribution < 1.29 is 38.0 Å². The van der Waals surface area contributed by atoms with Gasteiger partial charge in [0, 0.05) is 9.40 Å². The summed E-state index contributed by atoms with van der Waals surface area (Å²) < 4.78 is 63.5. The largest absolute Gasteiger partial charge is 0.393 e. The van der Waals surface area contributed by atoms with Gasteiger partial charge < -0.3 is 20.4 Å². The van der Waals surface area contributed by atoms with Crippen LogP contribution in [0.3, 0.4) is 0 Å². The van der Waals surface area contributed by atoms with Gasteiger partial charge in [-0.3, -0.25) is 0 Å². The maximum absolute atomic E-state index is 13.4. The summed E-state index contributed by atoms with van der Waals surface area (Å²) in [7, 11) is 0. The van der Waals surface area contributed by atoms with E-state index in [1.54, 1.807) is 71.2 Å². The van der Waals surface area contributed by atoms with Gasteiger partial charge in [-0.15, -0.1) is 35.8 Å². The highest BCUT2D eigenvalue weighted by atomic mass is 32.1. The third-order valence-corrected chi connectivity index (χ3v) is 30.6. The van der Waals surface area contributed by atoms with Crippen LogP contribution in [0.25, 0.3) is 67.2 Å². The molecular weight excluding hydrogens is 1540 g/mol. The molecule has 12 nitrogen and oxygen atoms in total. The zero-order chi connectivity index (χ0) is 83.2. The van der Waals surface area contributed by atoms with Crippen LogP contribution in [0.2, 0.25) is 0 Å². The SMILES string of the molecule is C=CCC[C@@H](O)C[C@H]1CCCC2=Cc3c(cnn3-c3ccc(F)cc3)C[C@@]21C.C=CCC[C@H](O)C[C@H]1CCCC2=Cc3c(cnn3-c3ccc(F)cc3)C[C@@]21C.C[C@]12Cc3cnn(-c4ccc(F)cc4)c3C=C1CC[C@@H]2C[C@@H](O)c1csc2ccccc12.C[C@]12Cc3cnn(-c4ccc(F)cc4)c3C=C1CC[C@@H]2C[C@H](O)c1csc2ccccc12. The molecule has 6 heterocycles. The Morgan fingerprint density at radius 3 is 0.975 bits per heavy atom. The lowest BCUT2D eigenvalue weighted by Gasteiger charge is -2.46. The maximum atomic E-state index is 13.4. The highest BCUT2D eigenvalue weighted by Gasteiger charge is 2.50. The highest BCUT2D eigenvalue weighted by molar-refractivity contribution is 7.17. The molecule has 120 heavy (non-hydrogen) atoms. The number of fused-ring (bicyclic) bond motifs is 10. The number of benzene rings is 6. The summed E-state index contributed by atoms with van der Waals surface area (Å²) >= 11 is 3.42. The van der Waals surface area contributed by atoms with E-state index in [0.717, 1.165) is 172 Å². The van der Waals surface area contributed by atoms with Crippen molar-refractivity contribution in [1.82, 2.24) is 39.1 Å². The van der Waals surface area contributed by atoms with E-state index in [-0.39, 0.29) is 57.1 Å². The van der Waals surface area contributed by atoms with Crippen LogP contribution < -0.4 is 0 Å². The third-order valence-electron chi connectivity index (χ3n) is 28.6. The van der Waals surface area contributed by atoms with Gasteiger partial charge in [-0.2, -0.15) is 20.4 Å². The first kappa shape index (κ1) is 82.4. The molecule has 6 aromatic carbocycles. The number of allylic oxidation sites excluding steroid dienone is 6. The molecule has 620 valence electrons. The van der Waals surface area contributed by atoms with E-state index in [1.165, 1.54) is 139 Å².